The molecule has 25 heavy (non-hydrogen) atoms. The van der Waals surface area contributed by atoms with Gasteiger partial charge in [0.2, 0.25) is 5.91 Å². The molecule has 0 aliphatic carbocycles. The molecule has 2 aromatic rings. The Balaban J connectivity index is 1.52. The van der Waals surface area contributed by atoms with Gasteiger partial charge < -0.3 is 10.6 Å². The Morgan fingerprint density at radius 2 is 2.04 bits per heavy atom. The quantitative estimate of drug-likeness (QED) is 0.773. The van der Waals surface area contributed by atoms with Crippen LogP contribution in [-0.4, -0.2) is 38.6 Å². The van der Waals surface area contributed by atoms with Crippen LogP contribution in [0.15, 0.2) is 42.7 Å². The Hall–Kier alpha value is -3.16. The van der Waals surface area contributed by atoms with E-state index in [0.717, 1.165) is 5.56 Å². The van der Waals surface area contributed by atoms with Gasteiger partial charge in [0.1, 0.15) is 6.04 Å². The predicted molar refractivity (Wildman–Crippen MR) is 90.4 cm³/mol. The third-order valence-corrected chi connectivity index (χ3v) is 3.94. The maximum atomic E-state index is 12.4. The first kappa shape index (κ1) is 16.7. The van der Waals surface area contributed by atoms with Gasteiger partial charge in [-0.1, -0.05) is 30.3 Å². The molecule has 1 atom stereocenters. The van der Waals surface area contributed by atoms with Gasteiger partial charge in [0.25, 0.3) is 5.91 Å². The minimum atomic E-state index is -0.670. The zero-order valence-electron chi connectivity index (χ0n) is 13.8. The fourth-order valence-corrected chi connectivity index (χ4v) is 2.67. The molecule has 0 radical (unpaired) electrons. The maximum Gasteiger partial charge on any atom is 0.325 e. The summed E-state index contributed by atoms with van der Waals surface area (Å²) < 4.78 is 1.58. The van der Waals surface area contributed by atoms with Gasteiger partial charge in [0, 0.05) is 19.7 Å². The number of aryl methyl sites for hydroxylation is 1. The SMILES string of the molecule is Cn1cc(NC(=O)CCC2NC(=O)N(Cc3ccccc3)C2=O)cn1. The van der Waals surface area contributed by atoms with Gasteiger partial charge in [0.05, 0.1) is 18.4 Å². The van der Waals surface area contributed by atoms with E-state index in [2.05, 4.69) is 15.7 Å². The Morgan fingerprint density at radius 1 is 1.28 bits per heavy atom. The number of benzene rings is 1. The summed E-state index contributed by atoms with van der Waals surface area (Å²) in [6, 6.07) is 8.20. The second-order valence-corrected chi connectivity index (χ2v) is 5.90. The molecule has 1 saturated heterocycles. The molecule has 1 fully saturated rings. The van der Waals surface area contributed by atoms with Gasteiger partial charge in [-0.25, -0.2) is 4.79 Å². The van der Waals surface area contributed by atoms with Gasteiger partial charge in [0.15, 0.2) is 0 Å². The van der Waals surface area contributed by atoms with E-state index in [9.17, 15) is 14.4 Å². The molecule has 8 nitrogen and oxygen atoms in total. The highest BCUT2D eigenvalue weighted by atomic mass is 16.2. The number of hydrogen-bond donors (Lipinski definition) is 2. The van der Waals surface area contributed by atoms with Crippen molar-refractivity contribution in [2.45, 2.75) is 25.4 Å². The molecule has 1 aromatic heterocycles. The van der Waals surface area contributed by atoms with E-state index < -0.39 is 12.1 Å². The summed E-state index contributed by atoms with van der Waals surface area (Å²) in [5.74, 6) is -0.528. The van der Waals surface area contributed by atoms with Crippen molar-refractivity contribution in [3.63, 3.8) is 0 Å². The third kappa shape index (κ3) is 4.03. The number of nitrogens with zero attached hydrogens (tertiary/aromatic N) is 3. The lowest BCUT2D eigenvalue weighted by Gasteiger charge is -2.13. The standard InChI is InChI=1S/C17H19N5O3/c1-21-11-13(9-18-21)19-15(23)8-7-14-16(24)22(17(25)20-14)10-12-5-3-2-4-6-12/h2-6,9,11,14H,7-8,10H2,1H3,(H,19,23)(H,20,25). The first-order valence-electron chi connectivity index (χ1n) is 7.97. The van der Waals surface area contributed by atoms with Crippen LogP contribution in [0.4, 0.5) is 10.5 Å². The van der Waals surface area contributed by atoms with Crippen LogP contribution in [0.1, 0.15) is 18.4 Å². The van der Waals surface area contributed by atoms with Gasteiger partial charge >= 0.3 is 6.03 Å². The minimum Gasteiger partial charge on any atom is -0.326 e. The highest BCUT2D eigenvalue weighted by molar-refractivity contribution is 6.04. The first-order valence-corrected chi connectivity index (χ1v) is 7.97. The molecular weight excluding hydrogens is 322 g/mol. The lowest BCUT2D eigenvalue weighted by Crippen LogP contribution is -2.31. The number of carbonyl (C=O) groups is 3. The van der Waals surface area contributed by atoms with E-state index in [-0.39, 0.29) is 31.2 Å². The van der Waals surface area contributed by atoms with Crippen LogP contribution in [0.25, 0.3) is 0 Å². The summed E-state index contributed by atoms with van der Waals surface area (Å²) in [5.41, 5.74) is 1.47. The lowest BCUT2D eigenvalue weighted by atomic mass is 10.1. The van der Waals surface area contributed by atoms with Crippen molar-refractivity contribution >= 4 is 23.5 Å². The molecule has 0 saturated carbocycles. The number of nitrogens with one attached hydrogen (secondary N) is 2. The average molecular weight is 341 g/mol. The molecule has 1 unspecified atom stereocenters. The summed E-state index contributed by atoms with van der Waals surface area (Å²) in [6.07, 6.45) is 3.61. The van der Waals surface area contributed by atoms with E-state index in [0.29, 0.717) is 5.69 Å². The summed E-state index contributed by atoms with van der Waals surface area (Å²) in [4.78, 5) is 37.5. The maximum absolute atomic E-state index is 12.4. The van der Waals surface area contributed by atoms with Crippen molar-refractivity contribution in [1.29, 1.82) is 0 Å². The smallest absolute Gasteiger partial charge is 0.325 e. The summed E-state index contributed by atoms with van der Waals surface area (Å²) >= 11 is 0. The number of anilines is 1. The molecule has 4 amide bonds. The highest BCUT2D eigenvalue weighted by Gasteiger charge is 2.37. The van der Waals surface area contributed by atoms with Crippen molar-refractivity contribution in [3.05, 3.63) is 48.3 Å². The Morgan fingerprint density at radius 3 is 2.72 bits per heavy atom. The van der Waals surface area contributed by atoms with Crippen LogP contribution in [-0.2, 0) is 23.2 Å². The molecule has 1 aromatic carbocycles. The van der Waals surface area contributed by atoms with E-state index in [1.165, 1.54) is 4.90 Å². The van der Waals surface area contributed by atoms with Crippen molar-refractivity contribution in [3.8, 4) is 0 Å². The highest BCUT2D eigenvalue weighted by Crippen LogP contribution is 2.15. The van der Waals surface area contributed by atoms with Gasteiger partial charge in [-0.15, -0.1) is 0 Å². The van der Waals surface area contributed by atoms with Crippen LogP contribution in [0.5, 0.6) is 0 Å². The van der Waals surface area contributed by atoms with Crippen molar-refractivity contribution in [1.82, 2.24) is 20.0 Å². The Kier molecular flexibility index (Phi) is 4.78. The largest absolute Gasteiger partial charge is 0.326 e. The molecule has 1 aliphatic heterocycles. The number of carbonyl (C=O) groups excluding carboxylic acids is 3. The Labute approximate surface area is 144 Å². The van der Waals surface area contributed by atoms with Gasteiger partial charge in [-0.2, -0.15) is 5.10 Å². The van der Waals surface area contributed by atoms with Crippen molar-refractivity contribution in [2.24, 2.45) is 7.05 Å². The number of amides is 4. The van der Waals surface area contributed by atoms with E-state index in [1.807, 2.05) is 30.3 Å². The number of rotatable bonds is 6. The molecule has 2 N–H and O–H groups in total. The van der Waals surface area contributed by atoms with Crippen LogP contribution < -0.4 is 10.6 Å². The third-order valence-electron chi connectivity index (χ3n) is 3.94. The summed E-state index contributed by atoms with van der Waals surface area (Å²) in [6.45, 7) is 0.226. The summed E-state index contributed by atoms with van der Waals surface area (Å²) in [7, 11) is 1.75. The topological polar surface area (TPSA) is 96.3 Å². The number of urea groups is 1. The van der Waals surface area contributed by atoms with Crippen molar-refractivity contribution < 1.29 is 14.4 Å². The molecule has 3 rings (SSSR count). The second-order valence-electron chi connectivity index (χ2n) is 5.90. The molecule has 8 heteroatoms. The Bertz CT molecular complexity index is 787. The van der Waals surface area contributed by atoms with Crippen molar-refractivity contribution in [2.75, 3.05) is 5.32 Å². The lowest BCUT2D eigenvalue weighted by molar-refractivity contribution is -0.128. The normalized spacial score (nSPS) is 16.8. The molecular formula is C17H19N5O3. The number of hydrogen-bond acceptors (Lipinski definition) is 4. The molecule has 0 spiro atoms. The number of aromatic nitrogens is 2. The van der Waals surface area contributed by atoms with Crippen LogP contribution in [0.3, 0.4) is 0 Å². The van der Waals surface area contributed by atoms with Gasteiger partial charge in [-0.05, 0) is 12.0 Å². The van der Waals surface area contributed by atoms with E-state index >= 15 is 0 Å². The zero-order valence-corrected chi connectivity index (χ0v) is 13.8. The molecule has 1 aliphatic rings. The van der Waals surface area contributed by atoms with Crippen LogP contribution in [0.2, 0.25) is 0 Å². The molecule has 0 bridgehead atoms. The summed E-state index contributed by atoms with van der Waals surface area (Å²) in [5, 5.41) is 9.31. The van der Waals surface area contributed by atoms with E-state index in [4.69, 9.17) is 0 Å². The number of imide groups is 1. The average Bonchev–Trinajstić information content (AvgIpc) is 3.11. The molecule has 2 heterocycles. The van der Waals surface area contributed by atoms with E-state index in [1.54, 1.807) is 24.1 Å². The second kappa shape index (κ2) is 7.16. The fourth-order valence-electron chi connectivity index (χ4n) is 2.67. The minimum absolute atomic E-state index is 0.130. The monoisotopic (exact) mass is 341 g/mol. The van der Waals surface area contributed by atoms with Crippen LogP contribution >= 0.6 is 0 Å². The first-order chi connectivity index (χ1) is 12.0. The fraction of sp³-hybridized carbons (Fsp3) is 0.294. The molecule has 130 valence electrons. The van der Waals surface area contributed by atoms with Gasteiger partial charge in [-0.3, -0.25) is 19.2 Å². The van der Waals surface area contributed by atoms with Crippen LogP contribution in [0, 0.1) is 0 Å². The predicted octanol–water partition coefficient (Wildman–Crippen LogP) is 1.26. The zero-order chi connectivity index (χ0) is 17.8.